The summed E-state index contributed by atoms with van der Waals surface area (Å²) >= 11 is 0. The largest absolute Gasteiger partial charge is 0.494 e. The number of nitriles is 1. The van der Waals surface area contributed by atoms with Gasteiger partial charge in [0.1, 0.15) is 17.4 Å². The first kappa shape index (κ1) is 15.8. The maximum absolute atomic E-state index is 12.4. The molecule has 0 unspecified atom stereocenters. The predicted molar refractivity (Wildman–Crippen MR) is 86.9 cm³/mol. The van der Waals surface area contributed by atoms with Crippen LogP contribution in [0, 0.1) is 11.3 Å². The minimum atomic E-state index is -0.235. The topological polar surface area (TPSA) is 55.0 Å². The van der Waals surface area contributed by atoms with E-state index >= 15 is 0 Å². The van der Waals surface area contributed by atoms with Crippen LogP contribution in [0.5, 0.6) is 5.75 Å². The molecule has 0 spiro atoms. The second kappa shape index (κ2) is 7.46. The first-order chi connectivity index (χ1) is 10.7. The molecule has 0 fully saturated rings. The number of nitrogens with zero attached hydrogens (tertiary/aromatic N) is 2. The van der Waals surface area contributed by atoms with Crippen LogP contribution in [0.3, 0.4) is 0 Å². The van der Waals surface area contributed by atoms with Gasteiger partial charge in [-0.3, -0.25) is 4.79 Å². The summed E-state index contributed by atoms with van der Waals surface area (Å²) in [5, 5.41) is 9.03. The normalized spacial score (nSPS) is 10.2. The first-order valence-electron chi connectivity index (χ1n) is 7.58. The fourth-order valence-corrected chi connectivity index (χ4v) is 2.33. The van der Waals surface area contributed by atoms with Crippen molar-refractivity contribution >= 4 is 0 Å². The second-order valence-electron chi connectivity index (χ2n) is 5.08. The Labute approximate surface area is 130 Å². The summed E-state index contributed by atoms with van der Waals surface area (Å²) in [6.45, 7) is 5.32. The van der Waals surface area contributed by atoms with Gasteiger partial charge in [-0.05, 0) is 37.1 Å². The molecule has 2 rings (SSSR count). The first-order valence-corrected chi connectivity index (χ1v) is 7.58. The molecular formula is C18H20N2O2. The summed E-state index contributed by atoms with van der Waals surface area (Å²) in [6, 6.07) is 13.1. The zero-order valence-electron chi connectivity index (χ0n) is 13.0. The third-order valence-corrected chi connectivity index (χ3v) is 3.34. The van der Waals surface area contributed by atoms with Crippen molar-refractivity contribution in [2.24, 2.45) is 0 Å². The Morgan fingerprint density at radius 3 is 2.68 bits per heavy atom. The Hall–Kier alpha value is -2.54. The lowest BCUT2D eigenvalue weighted by molar-refractivity contribution is 0.317. The number of rotatable bonds is 6. The minimum Gasteiger partial charge on any atom is -0.494 e. The highest BCUT2D eigenvalue weighted by atomic mass is 16.5. The fourth-order valence-electron chi connectivity index (χ4n) is 2.33. The van der Waals surface area contributed by atoms with E-state index in [1.165, 1.54) is 0 Å². The zero-order chi connectivity index (χ0) is 15.9. The van der Waals surface area contributed by atoms with E-state index < -0.39 is 0 Å². The molecular weight excluding hydrogens is 276 g/mol. The van der Waals surface area contributed by atoms with Gasteiger partial charge in [0.25, 0.3) is 5.56 Å². The van der Waals surface area contributed by atoms with Gasteiger partial charge in [-0.15, -0.1) is 0 Å². The average Bonchev–Trinajstić information content (AvgIpc) is 2.55. The number of ether oxygens (including phenoxy) is 1. The molecule has 0 amide bonds. The van der Waals surface area contributed by atoms with E-state index in [-0.39, 0.29) is 11.1 Å². The summed E-state index contributed by atoms with van der Waals surface area (Å²) in [4.78, 5) is 12.4. The van der Waals surface area contributed by atoms with Gasteiger partial charge in [-0.1, -0.05) is 26.0 Å². The number of aromatic nitrogens is 1. The van der Waals surface area contributed by atoms with Crippen molar-refractivity contribution in [3.8, 4) is 23.1 Å². The van der Waals surface area contributed by atoms with Crippen molar-refractivity contribution in [1.29, 1.82) is 5.26 Å². The van der Waals surface area contributed by atoms with Crippen molar-refractivity contribution in [2.45, 2.75) is 33.2 Å². The van der Waals surface area contributed by atoms with Crippen molar-refractivity contribution in [3.05, 3.63) is 52.3 Å². The van der Waals surface area contributed by atoms with Gasteiger partial charge in [0.2, 0.25) is 0 Å². The second-order valence-corrected chi connectivity index (χ2v) is 5.08. The van der Waals surface area contributed by atoms with Crippen LogP contribution in [-0.4, -0.2) is 11.2 Å². The fraction of sp³-hybridized carbons (Fsp3) is 0.333. The molecule has 114 valence electrons. The van der Waals surface area contributed by atoms with Crippen LogP contribution >= 0.6 is 0 Å². The van der Waals surface area contributed by atoms with Crippen LogP contribution in [0.25, 0.3) is 11.3 Å². The highest BCUT2D eigenvalue weighted by Crippen LogP contribution is 2.23. The quantitative estimate of drug-likeness (QED) is 0.818. The standard InChI is InChI=1S/C18H20N2O2/c1-3-10-20-17(9-8-15(13-19)18(20)21)14-6-5-7-16(12-14)22-11-4-2/h5-9,12H,3-4,10-11H2,1-2H3. The van der Waals surface area contributed by atoms with Crippen LogP contribution in [0.1, 0.15) is 32.3 Å². The van der Waals surface area contributed by atoms with E-state index in [0.717, 1.165) is 29.8 Å². The molecule has 0 bridgehead atoms. The van der Waals surface area contributed by atoms with Gasteiger partial charge >= 0.3 is 0 Å². The van der Waals surface area contributed by atoms with Crippen LogP contribution in [-0.2, 0) is 6.54 Å². The molecule has 0 saturated carbocycles. The lowest BCUT2D eigenvalue weighted by Crippen LogP contribution is -2.23. The van der Waals surface area contributed by atoms with E-state index in [4.69, 9.17) is 10.00 Å². The molecule has 0 aliphatic rings. The lowest BCUT2D eigenvalue weighted by Gasteiger charge is -2.13. The average molecular weight is 296 g/mol. The number of benzene rings is 1. The monoisotopic (exact) mass is 296 g/mol. The van der Waals surface area contributed by atoms with Crippen LogP contribution < -0.4 is 10.3 Å². The number of pyridine rings is 1. The summed E-state index contributed by atoms with van der Waals surface area (Å²) < 4.78 is 7.32. The molecule has 0 atom stereocenters. The Morgan fingerprint density at radius 2 is 2.00 bits per heavy atom. The summed E-state index contributed by atoms with van der Waals surface area (Å²) in [5.41, 5.74) is 1.67. The maximum Gasteiger partial charge on any atom is 0.268 e. The van der Waals surface area contributed by atoms with E-state index in [1.54, 1.807) is 10.6 Å². The zero-order valence-corrected chi connectivity index (χ0v) is 13.0. The smallest absolute Gasteiger partial charge is 0.268 e. The molecule has 1 aromatic carbocycles. The molecule has 4 heteroatoms. The summed E-state index contributed by atoms with van der Waals surface area (Å²) in [6.07, 6.45) is 1.77. The number of hydrogen-bond acceptors (Lipinski definition) is 3. The van der Waals surface area contributed by atoms with E-state index in [0.29, 0.717) is 13.2 Å². The molecule has 4 nitrogen and oxygen atoms in total. The SMILES string of the molecule is CCCOc1cccc(-c2ccc(C#N)c(=O)n2CCC)c1. The van der Waals surface area contributed by atoms with Crippen LogP contribution in [0.2, 0.25) is 0 Å². The summed E-state index contributed by atoms with van der Waals surface area (Å²) in [7, 11) is 0. The Kier molecular flexibility index (Phi) is 5.37. The van der Waals surface area contributed by atoms with Crippen LogP contribution in [0.15, 0.2) is 41.2 Å². The van der Waals surface area contributed by atoms with Crippen molar-refractivity contribution in [2.75, 3.05) is 6.61 Å². The molecule has 0 saturated heterocycles. The van der Waals surface area contributed by atoms with Gasteiger partial charge in [0.05, 0.1) is 12.3 Å². The van der Waals surface area contributed by atoms with E-state index in [1.807, 2.05) is 43.3 Å². The molecule has 1 heterocycles. The molecule has 2 aromatic rings. The molecule has 0 aliphatic heterocycles. The lowest BCUT2D eigenvalue weighted by atomic mass is 10.1. The molecule has 1 aromatic heterocycles. The van der Waals surface area contributed by atoms with Crippen molar-refractivity contribution in [3.63, 3.8) is 0 Å². The highest BCUT2D eigenvalue weighted by molar-refractivity contribution is 5.62. The minimum absolute atomic E-state index is 0.176. The van der Waals surface area contributed by atoms with Gasteiger partial charge in [0, 0.05) is 12.1 Å². The van der Waals surface area contributed by atoms with Gasteiger partial charge < -0.3 is 9.30 Å². The van der Waals surface area contributed by atoms with Gasteiger partial charge in [-0.2, -0.15) is 5.26 Å². The molecule has 22 heavy (non-hydrogen) atoms. The Morgan fingerprint density at radius 1 is 1.18 bits per heavy atom. The third-order valence-electron chi connectivity index (χ3n) is 3.34. The van der Waals surface area contributed by atoms with Crippen molar-refractivity contribution in [1.82, 2.24) is 4.57 Å². The summed E-state index contributed by atoms with van der Waals surface area (Å²) in [5.74, 6) is 0.791. The van der Waals surface area contributed by atoms with Crippen molar-refractivity contribution < 1.29 is 4.74 Å². The maximum atomic E-state index is 12.4. The highest BCUT2D eigenvalue weighted by Gasteiger charge is 2.10. The van der Waals surface area contributed by atoms with Gasteiger partial charge in [0.15, 0.2) is 0 Å². The third kappa shape index (κ3) is 3.37. The molecule has 0 radical (unpaired) electrons. The Bertz CT molecular complexity index is 741. The van der Waals surface area contributed by atoms with Crippen LogP contribution in [0.4, 0.5) is 0 Å². The molecule has 0 N–H and O–H groups in total. The number of hydrogen-bond donors (Lipinski definition) is 0. The van der Waals surface area contributed by atoms with E-state index in [2.05, 4.69) is 6.92 Å². The van der Waals surface area contributed by atoms with E-state index in [9.17, 15) is 4.79 Å². The molecule has 0 aliphatic carbocycles. The predicted octanol–water partition coefficient (Wildman–Crippen LogP) is 3.59. The Balaban J connectivity index is 2.50. The van der Waals surface area contributed by atoms with Gasteiger partial charge in [-0.25, -0.2) is 0 Å².